The zero-order valence-electron chi connectivity index (χ0n) is 12.3. The summed E-state index contributed by atoms with van der Waals surface area (Å²) in [5, 5.41) is 20.5. The van der Waals surface area contributed by atoms with Gasteiger partial charge in [-0.25, -0.2) is 9.55 Å². The second kappa shape index (κ2) is 6.86. The van der Waals surface area contributed by atoms with Crippen LogP contribution in [0.25, 0.3) is 12.2 Å². The number of aliphatic hydroxyl groups is 1. The van der Waals surface area contributed by atoms with E-state index >= 15 is 0 Å². The van der Waals surface area contributed by atoms with Crippen molar-refractivity contribution in [2.24, 2.45) is 0 Å². The van der Waals surface area contributed by atoms with E-state index in [4.69, 9.17) is 4.74 Å². The molecule has 0 aliphatic rings. The van der Waals surface area contributed by atoms with E-state index in [1.54, 1.807) is 26.2 Å². The van der Waals surface area contributed by atoms with Crippen LogP contribution in [0.4, 0.5) is 5.82 Å². The first-order valence-corrected chi connectivity index (χ1v) is 6.71. The van der Waals surface area contributed by atoms with Crippen molar-refractivity contribution < 1.29 is 14.8 Å². The molecule has 0 amide bonds. The predicted octanol–water partition coefficient (Wildman–Crippen LogP) is 2.35. The molecule has 1 atom stereocenters. The van der Waals surface area contributed by atoms with Crippen LogP contribution in [0.15, 0.2) is 30.5 Å². The van der Waals surface area contributed by atoms with E-state index in [0.29, 0.717) is 5.82 Å². The summed E-state index contributed by atoms with van der Waals surface area (Å²) in [5.41, 5.74) is 0.912. The van der Waals surface area contributed by atoms with Gasteiger partial charge in [0, 0.05) is 6.08 Å². The van der Waals surface area contributed by atoms with Gasteiger partial charge in [0.1, 0.15) is 18.5 Å². The van der Waals surface area contributed by atoms with Gasteiger partial charge in [-0.05, 0) is 35.6 Å². The highest BCUT2D eigenvalue weighted by molar-refractivity contribution is 5.67. The molecule has 116 valence electrons. The number of nitro groups is 1. The van der Waals surface area contributed by atoms with E-state index in [0.717, 1.165) is 11.3 Å². The average molecular weight is 303 g/mol. The zero-order valence-corrected chi connectivity index (χ0v) is 12.3. The van der Waals surface area contributed by atoms with Crippen molar-refractivity contribution in [3.8, 4) is 5.75 Å². The second-order valence-corrected chi connectivity index (χ2v) is 4.80. The third-order valence-electron chi connectivity index (χ3n) is 3.04. The standard InChI is InChI=1S/C15H17N3O4/c1-11(19)10-17-14(16-9-15(17)18(20)21)8-5-12-3-6-13(22-2)7-4-12/h3-9,11,19H,10H2,1-2H3/b8-5+. The highest BCUT2D eigenvalue weighted by Crippen LogP contribution is 2.18. The van der Waals surface area contributed by atoms with Gasteiger partial charge in [-0.2, -0.15) is 0 Å². The van der Waals surface area contributed by atoms with Crippen LogP contribution in [0.5, 0.6) is 5.75 Å². The molecule has 0 aliphatic heterocycles. The maximum absolute atomic E-state index is 11.0. The molecule has 0 bridgehead atoms. The maximum Gasteiger partial charge on any atom is 0.343 e. The quantitative estimate of drug-likeness (QED) is 0.653. The van der Waals surface area contributed by atoms with Crippen LogP contribution in [-0.4, -0.2) is 32.8 Å². The fourth-order valence-corrected chi connectivity index (χ4v) is 2.00. The summed E-state index contributed by atoms with van der Waals surface area (Å²) in [5.74, 6) is 1.03. The molecule has 1 N–H and O–H groups in total. The summed E-state index contributed by atoms with van der Waals surface area (Å²) in [7, 11) is 1.59. The number of aromatic nitrogens is 2. The smallest absolute Gasteiger partial charge is 0.343 e. The van der Waals surface area contributed by atoms with Crippen LogP contribution in [0.1, 0.15) is 18.3 Å². The van der Waals surface area contributed by atoms with Crippen LogP contribution >= 0.6 is 0 Å². The highest BCUT2D eigenvalue weighted by Gasteiger charge is 2.19. The van der Waals surface area contributed by atoms with Gasteiger partial charge >= 0.3 is 5.82 Å². The van der Waals surface area contributed by atoms with Crippen LogP contribution in [0.2, 0.25) is 0 Å². The lowest BCUT2D eigenvalue weighted by atomic mass is 10.2. The van der Waals surface area contributed by atoms with Gasteiger partial charge < -0.3 is 20.0 Å². The van der Waals surface area contributed by atoms with E-state index in [9.17, 15) is 15.2 Å². The van der Waals surface area contributed by atoms with Gasteiger partial charge in [0.2, 0.25) is 5.82 Å². The molecule has 1 aromatic carbocycles. The van der Waals surface area contributed by atoms with Crippen molar-refractivity contribution in [3.05, 3.63) is 52.0 Å². The minimum atomic E-state index is -0.707. The van der Waals surface area contributed by atoms with Gasteiger partial charge in [-0.1, -0.05) is 12.1 Å². The largest absolute Gasteiger partial charge is 0.497 e. The minimum absolute atomic E-state index is 0.110. The molecule has 0 radical (unpaired) electrons. The lowest BCUT2D eigenvalue weighted by Gasteiger charge is -2.04. The minimum Gasteiger partial charge on any atom is -0.497 e. The molecular weight excluding hydrogens is 286 g/mol. The maximum atomic E-state index is 11.0. The summed E-state index contributed by atoms with van der Waals surface area (Å²) in [4.78, 5) is 14.5. The van der Waals surface area contributed by atoms with Gasteiger partial charge in [-0.3, -0.25) is 0 Å². The third kappa shape index (κ3) is 3.70. The Labute approximate surface area is 127 Å². The Morgan fingerprint density at radius 3 is 2.64 bits per heavy atom. The van der Waals surface area contributed by atoms with Crippen molar-refractivity contribution in [1.82, 2.24) is 9.55 Å². The average Bonchev–Trinajstić information content (AvgIpc) is 2.88. The van der Waals surface area contributed by atoms with Crippen LogP contribution in [0.3, 0.4) is 0 Å². The van der Waals surface area contributed by atoms with Crippen molar-refractivity contribution in [3.63, 3.8) is 0 Å². The Morgan fingerprint density at radius 2 is 2.09 bits per heavy atom. The number of methoxy groups -OCH3 is 1. The number of imidazole rings is 1. The fourth-order valence-electron chi connectivity index (χ4n) is 2.00. The first kappa shape index (κ1) is 15.7. The molecule has 7 nitrogen and oxygen atoms in total. The lowest BCUT2D eigenvalue weighted by Crippen LogP contribution is -2.14. The Balaban J connectivity index is 2.27. The summed E-state index contributed by atoms with van der Waals surface area (Å²) >= 11 is 0. The third-order valence-corrected chi connectivity index (χ3v) is 3.04. The molecule has 0 fully saturated rings. The Hall–Kier alpha value is -2.67. The second-order valence-electron chi connectivity index (χ2n) is 4.80. The van der Waals surface area contributed by atoms with E-state index in [-0.39, 0.29) is 12.4 Å². The molecule has 0 saturated carbocycles. The molecular formula is C15H17N3O4. The Morgan fingerprint density at radius 1 is 1.41 bits per heavy atom. The molecule has 7 heteroatoms. The van der Waals surface area contributed by atoms with Gasteiger partial charge in [0.25, 0.3) is 0 Å². The fraction of sp³-hybridized carbons (Fsp3) is 0.267. The first-order valence-electron chi connectivity index (χ1n) is 6.71. The SMILES string of the molecule is COc1ccc(/C=C/c2ncc([N+](=O)[O-])n2CC(C)O)cc1. The van der Waals surface area contributed by atoms with Crippen LogP contribution < -0.4 is 4.74 Å². The van der Waals surface area contributed by atoms with Crippen molar-refractivity contribution in [2.75, 3.05) is 7.11 Å². The number of benzene rings is 1. The van der Waals surface area contributed by atoms with E-state index in [2.05, 4.69) is 4.98 Å². The molecule has 1 aromatic heterocycles. The lowest BCUT2D eigenvalue weighted by molar-refractivity contribution is -0.392. The van der Waals surface area contributed by atoms with Gasteiger partial charge in [-0.15, -0.1) is 0 Å². The molecule has 0 spiro atoms. The molecule has 22 heavy (non-hydrogen) atoms. The van der Waals surface area contributed by atoms with Gasteiger partial charge in [0.05, 0.1) is 13.2 Å². The monoisotopic (exact) mass is 303 g/mol. The Kier molecular flexibility index (Phi) is 4.90. The summed E-state index contributed by atoms with van der Waals surface area (Å²) in [6.45, 7) is 1.68. The first-order chi connectivity index (χ1) is 10.5. The number of ether oxygens (including phenoxy) is 1. The summed E-state index contributed by atoms with van der Waals surface area (Å²) in [6, 6.07) is 7.38. The summed E-state index contributed by atoms with van der Waals surface area (Å²) in [6.07, 6.45) is 3.96. The highest BCUT2D eigenvalue weighted by atomic mass is 16.6. The van der Waals surface area contributed by atoms with E-state index in [1.165, 1.54) is 10.8 Å². The molecule has 1 heterocycles. The van der Waals surface area contributed by atoms with E-state index in [1.807, 2.05) is 24.3 Å². The molecule has 2 rings (SSSR count). The number of hydrogen-bond donors (Lipinski definition) is 1. The molecule has 0 saturated heterocycles. The predicted molar refractivity (Wildman–Crippen MR) is 82.5 cm³/mol. The summed E-state index contributed by atoms with van der Waals surface area (Å²) < 4.78 is 6.46. The van der Waals surface area contributed by atoms with Crippen molar-refractivity contribution in [1.29, 1.82) is 0 Å². The molecule has 0 aliphatic carbocycles. The number of hydrogen-bond acceptors (Lipinski definition) is 5. The number of aliphatic hydroxyl groups excluding tert-OH is 1. The van der Waals surface area contributed by atoms with E-state index < -0.39 is 11.0 Å². The topological polar surface area (TPSA) is 90.4 Å². The Bertz CT molecular complexity index is 675. The molecule has 2 aromatic rings. The molecule has 1 unspecified atom stereocenters. The van der Waals surface area contributed by atoms with Gasteiger partial charge in [0.15, 0.2) is 0 Å². The van der Waals surface area contributed by atoms with Crippen LogP contribution in [-0.2, 0) is 6.54 Å². The van der Waals surface area contributed by atoms with Crippen molar-refractivity contribution in [2.45, 2.75) is 19.6 Å². The zero-order chi connectivity index (χ0) is 16.1. The van der Waals surface area contributed by atoms with Crippen molar-refractivity contribution >= 4 is 18.0 Å². The number of rotatable bonds is 6. The normalized spacial score (nSPS) is 12.5. The number of nitrogens with zero attached hydrogens (tertiary/aromatic N) is 3. The van der Waals surface area contributed by atoms with Crippen LogP contribution in [0, 0.1) is 10.1 Å².